The van der Waals surface area contributed by atoms with Gasteiger partial charge in [0.05, 0.1) is 10.6 Å². The molecular formula is C15H19N5O3S. The molecule has 0 atom stereocenters. The Morgan fingerprint density at radius 2 is 2.00 bits per heavy atom. The zero-order valence-corrected chi connectivity index (χ0v) is 14.5. The van der Waals surface area contributed by atoms with Gasteiger partial charge in [-0.15, -0.1) is 0 Å². The fraction of sp³-hybridized carbons (Fsp3) is 0.267. The molecule has 0 saturated heterocycles. The molecule has 128 valence electrons. The molecule has 24 heavy (non-hydrogen) atoms. The second kappa shape index (κ2) is 6.44. The summed E-state index contributed by atoms with van der Waals surface area (Å²) in [5, 5.41) is 0. The number of carbonyl (C=O) groups excluding carboxylic acids is 1. The number of aromatic nitrogens is 2. The van der Waals surface area contributed by atoms with Crippen LogP contribution in [-0.4, -0.2) is 36.1 Å². The molecule has 8 nitrogen and oxygen atoms in total. The van der Waals surface area contributed by atoms with E-state index in [9.17, 15) is 13.2 Å². The highest BCUT2D eigenvalue weighted by Crippen LogP contribution is 2.29. The van der Waals surface area contributed by atoms with Gasteiger partial charge in [0.1, 0.15) is 5.82 Å². The Labute approximate surface area is 140 Å². The normalized spacial score (nSPS) is 11.3. The lowest BCUT2D eigenvalue weighted by Gasteiger charge is -2.16. The van der Waals surface area contributed by atoms with Crippen LogP contribution in [0, 0.1) is 6.92 Å². The zero-order chi connectivity index (χ0) is 18.1. The van der Waals surface area contributed by atoms with Gasteiger partial charge in [0.2, 0.25) is 0 Å². The molecule has 0 spiro atoms. The molecule has 0 aliphatic carbocycles. The van der Waals surface area contributed by atoms with Crippen molar-refractivity contribution < 1.29 is 13.2 Å². The number of guanidine groups is 1. The molecule has 1 amide bonds. The lowest BCUT2D eigenvalue weighted by molar-refractivity contribution is 0.100. The Hall–Kier alpha value is -2.68. The lowest BCUT2D eigenvalue weighted by Crippen LogP contribution is -2.24. The van der Waals surface area contributed by atoms with E-state index >= 15 is 0 Å². The summed E-state index contributed by atoms with van der Waals surface area (Å²) in [6.07, 6.45) is 4.67. The maximum atomic E-state index is 12.4. The topological polar surface area (TPSA) is 133 Å². The van der Waals surface area contributed by atoms with Gasteiger partial charge in [-0.05, 0) is 31.0 Å². The van der Waals surface area contributed by atoms with Crippen molar-refractivity contribution in [2.75, 3.05) is 6.26 Å². The summed E-state index contributed by atoms with van der Waals surface area (Å²) in [5.41, 5.74) is 11.5. The standard InChI is InChI=1S/C15H19N5O3S/c1-4-10-11(14(21)19-15(16)17)5-6-12(13(10)24(3,22)23)20-8-7-18-9(20)2/h5-8H,4H2,1-3H3,(H4,16,17,19,21). The highest BCUT2D eigenvalue weighted by molar-refractivity contribution is 7.90. The fourth-order valence-electron chi connectivity index (χ4n) is 2.58. The first kappa shape index (κ1) is 17.7. The van der Waals surface area contributed by atoms with Gasteiger partial charge in [-0.1, -0.05) is 6.92 Å². The van der Waals surface area contributed by atoms with E-state index in [4.69, 9.17) is 11.5 Å². The number of sulfone groups is 1. The van der Waals surface area contributed by atoms with Crippen LogP contribution >= 0.6 is 0 Å². The third kappa shape index (κ3) is 3.30. The monoisotopic (exact) mass is 349 g/mol. The quantitative estimate of drug-likeness (QED) is 0.612. The van der Waals surface area contributed by atoms with Crippen LogP contribution in [0.25, 0.3) is 5.69 Å². The molecular weight excluding hydrogens is 330 g/mol. The predicted molar refractivity (Wildman–Crippen MR) is 90.9 cm³/mol. The maximum Gasteiger partial charge on any atom is 0.280 e. The van der Waals surface area contributed by atoms with Crippen LogP contribution in [0.5, 0.6) is 0 Å². The smallest absolute Gasteiger partial charge is 0.280 e. The fourth-order valence-corrected chi connectivity index (χ4v) is 3.83. The largest absolute Gasteiger partial charge is 0.370 e. The molecule has 0 saturated carbocycles. The number of carbonyl (C=O) groups is 1. The number of aliphatic imine (C=N–C) groups is 1. The van der Waals surface area contributed by atoms with E-state index in [-0.39, 0.29) is 16.4 Å². The number of imidazole rings is 1. The first-order chi connectivity index (χ1) is 11.2. The molecule has 2 aromatic rings. The van der Waals surface area contributed by atoms with Crippen LogP contribution in [0.3, 0.4) is 0 Å². The minimum atomic E-state index is -3.62. The summed E-state index contributed by atoms with van der Waals surface area (Å²) >= 11 is 0. The Morgan fingerprint density at radius 3 is 2.46 bits per heavy atom. The number of nitrogens with two attached hydrogens (primary N) is 2. The highest BCUT2D eigenvalue weighted by atomic mass is 32.2. The van der Waals surface area contributed by atoms with Crippen LogP contribution in [0.4, 0.5) is 0 Å². The summed E-state index contributed by atoms with van der Waals surface area (Å²) < 4.78 is 26.5. The van der Waals surface area contributed by atoms with Gasteiger partial charge in [0, 0.05) is 24.2 Å². The molecule has 2 rings (SSSR count). The summed E-state index contributed by atoms with van der Waals surface area (Å²) in [4.78, 5) is 19.9. The minimum Gasteiger partial charge on any atom is -0.370 e. The Balaban J connectivity index is 2.85. The minimum absolute atomic E-state index is 0.0720. The molecule has 1 aromatic carbocycles. The van der Waals surface area contributed by atoms with Gasteiger partial charge >= 0.3 is 0 Å². The summed E-state index contributed by atoms with van der Waals surface area (Å²) in [7, 11) is -3.62. The average molecular weight is 349 g/mol. The van der Waals surface area contributed by atoms with E-state index in [2.05, 4.69) is 9.98 Å². The lowest BCUT2D eigenvalue weighted by atomic mass is 10.0. The molecule has 0 bridgehead atoms. The predicted octanol–water partition coefficient (Wildman–Crippen LogP) is 0.560. The van der Waals surface area contributed by atoms with Crippen molar-refractivity contribution in [3.8, 4) is 5.69 Å². The molecule has 1 heterocycles. The molecule has 1 aromatic heterocycles. The van der Waals surface area contributed by atoms with Gasteiger partial charge in [0.15, 0.2) is 15.8 Å². The number of hydrogen-bond acceptors (Lipinski definition) is 4. The molecule has 4 N–H and O–H groups in total. The number of aryl methyl sites for hydroxylation is 1. The summed E-state index contributed by atoms with van der Waals surface area (Å²) in [5.74, 6) is -0.423. The van der Waals surface area contributed by atoms with E-state index < -0.39 is 15.7 Å². The Kier molecular flexibility index (Phi) is 4.74. The van der Waals surface area contributed by atoms with Crippen molar-refractivity contribution >= 4 is 21.7 Å². The third-order valence-corrected chi connectivity index (χ3v) is 4.71. The number of nitrogens with zero attached hydrogens (tertiary/aromatic N) is 3. The molecule has 0 fully saturated rings. The van der Waals surface area contributed by atoms with Gasteiger partial charge in [0.25, 0.3) is 5.91 Å². The molecule has 9 heteroatoms. The maximum absolute atomic E-state index is 12.4. The number of rotatable bonds is 4. The first-order valence-corrected chi connectivity index (χ1v) is 9.06. The Bertz CT molecular complexity index is 925. The van der Waals surface area contributed by atoms with E-state index in [1.165, 1.54) is 6.07 Å². The van der Waals surface area contributed by atoms with Gasteiger partial charge < -0.3 is 16.0 Å². The Morgan fingerprint density at radius 1 is 1.33 bits per heavy atom. The molecule has 0 aliphatic rings. The van der Waals surface area contributed by atoms with Gasteiger partial charge in [-0.2, -0.15) is 4.99 Å². The van der Waals surface area contributed by atoms with Crippen molar-refractivity contribution in [1.29, 1.82) is 0 Å². The molecule has 0 unspecified atom stereocenters. The SMILES string of the molecule is CCc1c(C(=O)N=C(N)N)ccc(-n2ccnc2C)c1S(C)(=O)=O. The molecule has 0 radical (unpaired) electrons. The second-order valence-corrected chi connectivity index (χ2v) is 7.20. The van der Waals surface area contributed by atoms with Gasteiger partial charge in [-0.3, -0.25) is 4.79 Å². The van der Waals surface area contributed by atoms with Crippen molar-refractivity contribution in [2.24, 2.45) is 16.5 Å². The summed E-state index contributed by atoms with van der Waals surface area (Å²) in [6, 6.07) is 3.08. The van der Waals surface area contributed by atoms with Crippen LogP contribution in [0.1, 0.15) is 28.7 Å². The van der Waals surface area contributed by atoms with Crippen molar-refractivity contribution in [3.63, 3.8) is 0 Å². The van der Waals surface area contributed by atoms with Crippen molar-refractivity contribution in [3.05, 3.63) is 41.5 Å². The van der Waals surface area contributed by atoms with E-state index in [0.717, 1.165) is 6.26 Å². The van der Waals surface area contributed by atoms with Crippen LogP contribution in [-0.2, 0) is 16.3 Å². The van der Waals surface area contributed by atoms with E-state index in [0.29, 0.717) is 23.5 Å². The second-order valence-electron chi connectivity index (χ2n) is 5.25. The van der Waals surface area contributed by atoms with Crippen molar-refractivity contribution in [1.82, 2.24) is 9.55 Å². The zero-order valence-electron chi connectivity index (χ0n) is 13.6. The van der Waals surface area contributed by atoms with Crippen LogP contribution in [0.15, 0.2) is 34.4 Å². The van der Waals surface area contributed by atoms with E-state index in [1.807, 2.05) is 0 Å². The molecule has 0 aliphatic heterocycles. The van der Waals surface area contributed by atoms with Crippen molar-refractivity contribution in [2.45, 2.75) is 25.2 Å². The third-order valence-electron chi connectivity index (χ3n) is 3.51. The highest BCUT2D eigenvalue weighted by Gasteiger charge is 2.24. The number of hydrogen-bond donors (Lipinski definition) is 2. The average Bonchev–Trinajstić information content (AvgIpc) is 2.89. The first-order valence-electron chi connectivity index (χ1n) is 7.17. The van der Waals surface area contributed by atoms with Gasteiger partial charge in [-0.25, -0.2) is 13.4 Å². The number of amides is 1. The van der Waals surface area contributed by atoms with Crippen LogP contribution in [0.2, 0.25) is 0 Å². The summed E-state index contributed by atoms with van der Waals surface area (Å²) in [6.45, 7) is 3.52. The number of benzene rings is 1. The van der Waals surface area contributed by atoms with Crippen LogP contribution < -0.4 is 11.5 Å². The van der Waals surface area contributed by atoms with E-state index in [1.54, 1.807) is 36.9 Å².